The summed E-state index contributed by atoms with van der Waals surface area (Å²) in [7, 11) is 1.82. The second-order valence-corrected chi connectivity index (χ2v) is 2.47. The molecule has 0 N–H and O–H groups in total. The lowest BCUT2D eigenvalue weighted by atomic mass is 9.95. The third-order valence-electron chi connectivity index (χ3n) is 1.66. The molecule has 12 heavy (non-hydrogen) atoms. The van der Waals surface area contributed by atoms with E-state index in [0.29, 0.717) is 17.4 Å². The van der Waals surface area contributed by atoms with Crippen molar-refractivity contribution in [3.05, 3.63) is 35.4 Å². The Balaban J connectivity index is 2.94. The van der Waals surface area contributed by atoms with Crippen LogP contribution in [0.25, 0.3) is 0 Å². The fourth-order valence-electron chi connectivity index (χ4n) is 0.935. The predicted octanol–water partition coefficient (Wildman–Crippen LogP) is 0.792. The zero-order chi connectivity index (χ0) is 8.97. The first-order valence-corrected chi connectivity index (χ1v) is 3.81. The summed E-state index contributed by atoms with van der Waals surface area (Å²) in [6, 6.07) is 8.68. The van der Waals surface area contributed by atoms with Crippen LogP contribution in [0.5, 0.6) is 0 Å². The van der Waals surface area contributed by atoms with Crippen LogP contribution in [0.3, 0.4) is 0 Å². The molecule has 2 nitrogen and oxygen atoms in total. The summed E-state index contributed by atoms with van der Waals surface area (Å²) in [6.07, 6.45) is 0.506. The maximum absolute atomic E-state index is 11.1. The van der Waals surface area contributed by atoms with Crippen molar-refractivity contribution < 1.29 is 4.79 Å². The molecule has 0 fully saturated rings. The van der Waals surface area contributed by atoms with Gasteiger partial charge < -0.3 is 0 Å². The van der Waals surface area contributed by atoms with E-state index in [-0.39, 0.29) is 5.78 Å². The lowest BCUT2D eigenvalue weighted by molar-refractivity contribution is 0.101. The quantitative estimate of drug-likeness (QED) is 0.470. The van der Waals surface area contributed by atoms with Gasteiger partial charge in [0.05, 0.1) is 11.6 Å². The van der Waals surface area contributed by atoms with Gasteiger partial charge in [-0.25, -0.2) is 0 Å². The highest BCUT2D eigenvalue weighted by molar-refractivity contribution is 6.23. The van der Waals surface area contributed by atoms with Crippen molar-refractivity contribution in [2.75, 3.05) is 0 Å². The Morgan fingerprint density at radius 1 is 1.42 bits per heavy atom. The fourth-order valence-corrected chi connectivity index (χ4v) is 0.935. The average Bonchev–Trinajstić information content (AvgIpc) is 2.17. The van der Waals surface area contributed by atoms with Crippen LogP contribution in [0.1, 0.15) is 15.9 Å². The van der Waals surface area contributed by atoms with Crippen molar-refractivity contribution >= 4 is 13.6 Å². The number of nitriles is 1. The number of carbonyl (C=O) groups is 1. The van der Waals surface area contributed by atoms with Crippen LogP contribution in [0, 0.1) is 11.3 Å². The third-order valence-corrected chi connectivity index (χ3v) is 1.66. The predicted molar refractivity (Wildman–Crippen MR) is 48.8 cm³/mol. The Morgan fingerprint density at radius 2 is 2.00 bits per heavy atom. The Morgan fingerprint density at radius 3 is 2.42 bits per heavy atom. The highest BCUT2D eigenvalue weighted by Gasteiger charge is 2.01. The van der Waals surface area contributed by atoms with Crippen molar-refractivity contribution in [3.8, 4) is 6.07 Å². The zero-order valence-electron chi connectivity index (χ0n) is 6.87. The number of hydrogen-bond donors (Lipinski definition) is 0. The van der Waals surface area contributed by atoms with Gasteiger partial charge in [-0.3, -0.25) is 4.79 Å². The van der Waals surface area contributed by atoms with Crippen LogP contribution in [0.2, 0.25) is 6.32 Å². The zero-order valence-corrected chi connectivity index (χ0v) is 6.87. The number of carbonyl (C=O) groups excluding carboxylic acids is 1. The molecule has 0 aliphatic rings. The van der Waals surface area contributed by atoms with E-state index in [9.17, 15) is 4.79 Å². The molecule has 0 saturated heterocycles. The highest BCUT2D eigenvalue weighted by Crippen LogP contribution is 2.05. The summed E-state index contributed by atoms with van der Waals surface area (Å²) in [4.78, 5) is 11.1. The van der Waals surface area contributed by atoms with Crippen LogP contribution in [0.4, 0.5) is 0 Å². The number of benzene rings is 1. The second-order valence-electron chi connectivity index (χ2n) is 2.47. The standard InChI is InChI=1S/C9H8BNO/c10-5-9(12)8-3-1-7(6-11)2-4-8/h1-4H,5,10H2. The number of ketones is 1. The van der Waals surface area contributed by atoms with Crippen molar-refractivity contribution in [1.29, 1.82) is 5.26 Å². The van der Waals surface area contributed by atoms with E-state index in [1.54, 1.807) is 24.3 Å². The molecule has 0 bridgehead atoms. The first-order chi connectivity index (χ1) is 5.77. The van der Waals surface area contributed by atoms with Gasteiger partial charge in [-0.1, -0.05) is 12.1 Å². The van der Waals surface area contributed by atoms with Crippen LogP contribution in [-0.4, -0.2) is 13.6 Å². The summed E-state index contributed by atoms with van der Waals surface area (Å²) in [5.41, 5.74) is 1.26. The van der Waals surface area contributed by atoms with Gasteiger partial charge in [0.2, 0.25) is 0 Å². The van der Waals surface area contributed by atoms with Gasteiger partial charge >= 0.3 is 0 Å². The van der Waals surface area contributed by atoms with Crippen LogP contribution in [-0.2, 0) is 0 Å². The highest BCUT2D eigenvalue weighted by atomic mass is 16.1. The van der Waals surface area contributed by atoms with Crippen LogP contribution < -0.4 is 0 Å². The van der Waals surface area contributed by atoms with E-state index >= 15 is 0 Å². The van der Waals surface area contributed by atoms with Gasteiger partial charge in [-0.2, -0.15) is 5.26 Å². The van der Waals surface area contributed by atoms with Gasteiger partial charge in [0.25, 0.3) is 0 Å². The molecule has 0 aromatic heterocycles. The summed E-state index contributed by atoms with van der Waals surface area (Å²) in [6.45, 7) is 0. The minimum atomic E-state index is 0.111. The second kappa shape index (κ2) is 3.73. The smallest absolute Gasteiger partial charge is 0.155 e. The molecule has 1 aromatic rings. The molecule has 0 spiro atoms. The summed E-state index contributed by atoms with van der Waals surface area (Å²) < 4.78 is 0. The Kier molecular flexibility index (Phi) is 2.65. The normalized spacial score (nSPS) is 8.92. The Bertz CT molecular complexity index is 323. The minimum Gasteiger partial charge on any atom is -0.295 e. The maximum Gasteiger partial charge on any atom is 0.155 e. The van der Waals surface area contributed by atoms with E-state index in [4.69, 9.17) is 5.26 Å². The van der Waals surface area contributed by atoms with E-state index in [1.807, 2.05) is 13.9 Å². The molecule has 58 valence electrons. The van der Waals surface area contributed by atoms with Crippen molar-refractivity contribution in [2.45, 2.75) is 6.32 Å². The minimum absolute atomic E-state index is 0.111. The molecule has 0 radical (unpaired) electrons. The number of nitrogens with zero attached hydrogens (tertiary/aromatic N) is 1. The molecule has 0 aliphatic heterocycles. The van der Waals surface area contributed by atoms with E-state index in [1.165, 1.54) is 0 Å². The molecule has 0 heterocycles. The lowest BCUT2D eigenvalue weighted by Crippen LogP contribution is -1.96. The lowest BCUT2D eigenvalue weighted by Gasteiger charge is -1.95. The summed E-state index contributed by atoms with van der Waals surface area (Å²) in [5, 5.41) is 8.49. The van der Waals surface area contributed by atoms with E-state index in [0.717, 1.165) is 0 Å². The first kappa shape index (κ1) is 8.54. The first-order valence-electron chi connectivity index (χ1n) is 3.81. The van der Waals surface area contributed by atoms with Crippen molar-refractivity contribution in [1.82, 2.24) is 0 Å². The molecule has 0 atom stereocenters. The molecule has 0 amide bonds. The fraction of sp³-hybridized carbons (Fsp3) is 0.111. The van der Waals surface area contributed by atoms with Gasteiger partial charge in [-0.05, 0) is 18.5 Å². The molecular weight excluding hydrogens is 149 g/mol. The van der Waals surface area contributed by atoms with Gasteiger partial charge in [0.15, 0.2) is 5.78 Å². The number of rotatable bonds is 2. The number of hydrogen-bond acceptors (Lipinski definition) is 2. The molecule has 0 saturated carbocycles. The summed E-state index contributed by atoms with van der Waals surface area (Å²) >= 11 is 0. The average molecular weight is 157 g/mol. The van der Waals surface area contributed by atoms with E-state index in [2.05, 4.69) is 0 Å². The maximum atomic E-state index is 11.1. The molecular formula is C9H8BNO. The summed E-state index contributed by atoms with van der Waals surface area (Å²) in [5.74, 6) is 0.111. The SMILES string of the molecule is BCC(=O)c1ccc(C#N)cc1. The largest absolute Gasteiger partial charge is 0.295 e. The molecule has 1 aromatic carbocycles. The number of Topliss-reactive ketones (excluding diaryl/α,β-unsaturated/α-hetero) is 1. The molecule has 0 unspecified atom stereocenters. The monoisotopic (exact) mass is 157 g/mol. The van der Waals surface area contributed by atoms with Gasteiger partial charge in [-0.15, -0.1) is 0 Å². The van der Waals surface area contributed by atoms with Crippen LogP contribution in [0.15, 0.2) is 24.3 Å². The topological polar surface area (TPSA) is 40.9 Å². The Labute approximate surface area is 72.2 Å². The third kappa shape index (κ3) is 1.73. The molecule has 0 aliphatic carbocycles. The Hall–Kier alpha value is -1.56. The van der Waals surface area contributed by atoms with E-state index < -0.39 is 0 Å². The van der Waals surface area contributed by atoms with Crippen molar-refractivity contribution in [2.24, 2.45) is 0 Å². The van der Waals surface area contributed by atoms with Gasteiger partial charge in [0, 0.05) is 5.56 Å². The van der Waals surface area contributed by atoms with Crippen molar-refractivity contribution in [3.63, 3.8) is 0 Å². The molecule has 3 heteroatoms. The van der Waals surface area contributed by atoms with Gasteiger partial charge in [0.1, 0.15) is 7.85 Å². The van der Waals surface area contributed by atoms with Crippen LogP contribution >= 0.6 is 0 Å². The molecule has 1 rings (SSSR count).